The summed E-state index contributed by atoms with van der Waals surface area (Å²) in [7, 11) is -6.55. The van der Waals surface area contributed by atoms with Crippen molar-refractivity contribution in [1.29, 1.82) is 0 Å². The molecule has 0 aliphatic carbocycles. The van der Waals surface area contributed by atoms with Crippen molar-refractivity contribution in [1.82, 2.24) is 0 Å². The van der Waals surface area contributed by atoms with Crippen LogP contribution < -0.4 is 14.2 Å². The van der Waals surface area contributed by atoms with Gasteiger partial charge in [0.25, 0.3) is 10.0 Å². The fraction of sp³-hybridized carbons (Fsp3) is 0.143. The van der Waals surface area contributed by atoms with Crippen LogP contribution in [0.5, 0.6) is 5.75 Å². The van der Waals surface area contributed by atoms with Gasteiger partial charge < -0.3 is 4.74 Å². The summed E-state index contributed by atoms with van der Waals surface area (Å²) < 4.78 is 82.8. The Morgan fingerprint density at radius 2 is 1.52 bits per heavy atom. The number of halogens is 2. The summed E-state index contributed by atoms with van der Waals surface area (Å²) >= 11 is 0. The molecule has 7 nitrogen and oxygen atoms in total. The number of sulfonamides is 2. The topological polar surface area (TPSA) is 102 Å². The highest BCUT2D eigenvalue weighted by Crippen LogP contribution is 2.30. The highest BCUT2D eigenvalue weighted by Gasteiger charge is 2.18. The average Bonchev–Trinajstić information content (AvgIpc) is 2.46. The SMILES string of the molecule is COc1cc(NS(=O)(=O)c2cc(F)cc(F)c2)ccc1NS(C)(=O)=O. The lowest BCUT2D eigenvalue weighted by Gasteiger charge is -2.13. The molecule has 25 heavy (non-hydrogen) atoms. The van der Waals surface area contributed by atoms with E-state index < -0.39 is 36.6 Å². The molecule has 2 aromatic rings. The van der Waals surface area contributed by atoms with E-state index in [-0.39, 0.29) is 17.1 Å². The molecule has 0 bridgehead atoms. The Morgan fingerprint density at radius 3 is 2.04 bits per heavy atom. The predicted octanol–water partition coefficient (Wildman–Crippen LogP) is 2.15. The first-order valence-electron chi connectivity index (χ1n) is 6.65. The molecule has 11 heteroatoms. The van der Waals surface area contributed by atoms with Crippen molar-refractivity contribution in [3.8, 4) is 5.75 Å². The third kappa shape index (κ3) is 5.03. The lowest BCUT2D eigenvalue weighted by molar-refractivity contribution is 0.417. The Balaban J connectivity index is 2.36. The van der Waals surface area contributed by atoms with Gasteiger partial charge in [-0.2, -0.15) is 0 Å². The van der Waals surface area contributed by atoms with E-state index in [1.54, 1.807) is 0 Å². The second kappa shape index (κ2) is 6.84. The first-order valence-corrected chi connectivity index (χ1v) is 10.0. The lowest BCUT2D eigenvalue weighted by atomic mass is 10.2. The average molecular weight is 392 g/mol. The van der Waals surface area contributed by atoms with E-state index in [0.29, 0.717) is 18.2 Å². The summed E-state index contributed by atoms with van der Waals surface area (Å²) in [6, 6.07) is 5.66. The summed E-state index contributed by atoms with van der Waals surface area (Å²) in [4.78, 5) is -0.595. The third-order valence-electron chi connectivity index (χ3n) is 2.90. The van der Waals surface area contributed by atoms with Crippen molar-refractivity contribution in [2.45, 2.75) is 4.90 Å². The largest absolute Gasteiger partial charge is 0.494 e. The molecule has 0 radical (unpaired) electrons. The molecule has 2 N–H and O–H groups in total. The molecule has 0 unspecified atom stereocenters. The van der Waals surface area contributed by atoms with Crippen LogP contribution in [0.2, 0.25) is 0 Å². The maximum atomic E-state index is 13.2. The Kier molecular flexibility index (Phi) is 5.18. The molecule has 0 heterocycles. The minimum absolute atomic E-state index is 0.0144. The number of nitrogens with one attached hydrogen (secondary N) is 2. The molecule has 0 fully saturated rings. The van der Waals surface area contributed by atoms with Crippen LogP contribution in [0.1, 0.15) is 0 Å². The summed E-state index contributed by atoms with van der Waals surface area (Å²) in [6.07, 6.45) is 0.946. The number of methoxy groups -OCH3 is 1. The molecule has 2 aromatic carbocycles. The normalized spacial score (nSPS) is 11.8. The molecule has 0 saturated carbocycles. The standard InChI is InChI=1S/C14H14F2N2O5S2/c1-23-14-8-11(3-4-13(14)18-24(2,19)20)17-25(21,22)12-6-9(15)5-10(16)7-12/h3-8,17-18H,1-2H3. The van der Waals surface area contributed by atoms with E-state index in [9.17, 15) is 25.6 Å². The molecule has 2 rings (SSSR count). The van der Waals surface area contributed by atoms with Gasteiger partial charge in [-0.1, -0.05) is 0 Å². The van der Waals surface area contributed by atoms with Crippen molar-refractivity contribution < 1.29 is 30.4 Å². The molecule has 0 saturated heterocycles. The first-order chi connectivity index (χ1) is 11.5. The van der Waals surface area contributed by atoms with Crippen molar-refractivity contribution in [3.63, 3.8) is 0 Å². The van der Waals surface area contributed by atoms with Gasteiger partial charge in [-0.15, -0.1) is 0 Å². The van der Waals surface area contributed by atoms with Crippen molar-refractivity contribution in [2.75, 3.05) is 22.8 Å². The Bertz CT molecular complexity index is 988. The van der Waals surface area contributed by atoms with E-state index in [1.807, 2.05) is 0 Å². The number of rotatable bonds is 6. The molecular weight excluding hydrogens is 378 g/mol. The van der Waals surface area contributed by atoms with E-state index in [4.69, 9.17) is 4.74 Å². The zero-order valence-electron chi connectivity index (χ0n) is 13.1. The molecule has 0 aliphatic rings. The van der Waals surface area contributed by atoms with E-state index in [0.717, 1.165) is 6.26 Å². The second-order valence-corrected chi connectivity index (χ2v) is 8.43. The van der Waals surface area contributed by atoms with Crippen LogP contribution in [-0.2, 0) is 20.0 Å². The molecule has 0 atom stereocenters. The molecule has 0 spiro atoms. The van der Waals surface area contributed by atoms with Crippen LogP contribution in [0.25, 0.3) is 0 Å². The van der Waals surface area contributed by atoms with Gasteiger partial charge in [0.2, 0.25) is 10.0 Å². The Hall–Kier alpha value is -2.40. The summed E-state index contributed by atoms with van der Waals surface area (Å²) in [5.41, 5.74) is 0.116. The molecular formula is C14H14F2N2O5S2. The highest BCUT2D eigenvalue weighted by atomic mass is 32.2. The summed E-state index contributed by atoms with van der Waals surface area (Å²) in [6.45, 7) is 0. The van der Waals surface area contributed by atoms with Crippen LogP contribution in [0, 0.1) is 11.6 Å². The van der Waals surface area contributed by atoms with Crippen LogP contribution in [-0.4, -0.2) is 30.2 Å². The van der Waals surface area contributed by atoms with Gasteiger partial charge in [0, 0.05) is 12.1 Å². The zero-order chi connectivity index (χ0) is 18.8. The smallest absolute Gasteiger partial charge is 0.262 e. The summed E-state index contributed by atoms with van der Waals surface area (Å²) in [5.74, 6) is -2.02. The van der Waals surface area contributed by atoms with Gasteiger partial charge >= 0.3 is 0 Å². The zero-order valence-corrected chi connectivity index (χ0v) is 14.7. The maximum absolute atomic E-state index is 13.2. The van der Waals surface area contributed by atoms with Crippen LogP contribution in [0.3, 0.4) is 0 Å². The molecule has 0 aromatic heterocycles. The number of hydrogen-bond acceptors (Lipinski definition) is 5. The van der Waals surface area contributed by atoms with Gasteiger partial charge in [0.15, 0.2) is 0 Å². The Morgan fingerprint density at radius 1 is 0.920 bits per heavy atom. The lowest BCUT2D eigenvalue weighted by Crippen LogP contribution is -2.14. The first kappa shape index (κ1) is 18.9. The van der Waals surface area contributed by atoms with Gasteiger partial charge in [-0.05, 0) is 24.3 Å². The fourth-order valence-corrected chi connectivity index (χ4v) is 3.60. The van der Waals surface area contributed by atoms with Gasteiger partial charge in [-0.25, -0.2) is 25.6 Å². The predicted molar refractivity (Wildman–Crippen MR) is 88.6 cm³/mol. The number of ether oxygens (including phenoxy) is 1. The second-order valence-electron chi connectivity index (χ2n) is 5.00. The van der Waals surface area contributed by atoms with Crippen molar-refractivity contribution in [3.05, 3.63) is 48.0 Å². The van der Waals surface area contributed by atoms with Crippen LogP contribution >= 0.6 is 0 Å². The van der Waals surface area contributed by atoms with Crippen molar-refractivity contribution >= 4 is 31.4 Å². The Labute approximate surface area is 143 Å². The molecule has 136 valence electrons. The molecule has 0 amide bonds. The maximum Gasteiger partial charge on any atom is 0.262 e. The minimum atomic E-state index is -4.26. The van der Waals surface area contributed by atoms with Crippen LogP contribution in [0.15, 0.2) is 41.3 Å². The monoisotopic (exact) mass is 392 g/mol. The number of hydrogen-bond donors (Lipinski definition) is 2. The quantitative estimate of drug-likeness (QED) is 0.784. The van der Waals surface area contributed by atoms with Gasteiger partial charge in [0.1, 0.15) is 17.4 Å². The van der Waals surface area contributed by atoms with Crippen molar-refractivity contribution in [2.24, 2.45) is 0 Å². The fourth-order valence-electron chi connectivity index (χ4n) is 1.94. The highest BCUT2D eigenvalue weighted by molar-refractivity contribution is 7.92. The van der Waals surface area contributed by atoms with E-state index in [2.05, 4.69) is 9.44 Å². The van der Waals surface area contributed by atoms with E-state index >= 15 is 0 Å². The minimum Gasteiger partial charge on any atom is -0.494 e. The molecule has 0 aliphatic heterocycles. The van der Waals surface area contributed by atoms with Crippen LogP contribution in [0.4, 0.5) is 20.2 Å². The number of anilines is 2. The van der Waals surface area contributed by atoms with Gasteiger partial charge in [-0.3, -0.25) is 9.44 Å². The third-order valence-corrected chi connectivity index (χ3v) is 4.85. The number of benzene rings is 2. The summed E-state index contributed by atoms with van der Waals surface area (Å²) in [5, 5.41) is 0. The van der Waals surface area contributed by atoms with Gasteiger partial charge in [0.05, 0.1) is 29.6 Å². The van der Waals surface area contributed by atoms with E-state index in [1.165, 1.54) is 25.3 Å².